The molecule has 0 amide bonds. The Morgan fingerprint density at radius 2 is 2.18 bits per heavy atom. The van der Waals surface area contributed by atoms with Crippen molar-refractivity contribution in [2.24, 2.45) is 5.92 Å². The molecule has 1 fully saturated rings. The zero-order chi connectivity index (χ0) is 7.84. The van der Waals surface area contributed by atoms with Gasteiger partial charge in [0.2, 0.25) is 0 Å². The van der Waals surface area contributed by atoms with Crippen molar-refractivity contribution in [3.63, 3.8) is 0 Å². The van der Waals surface area contributed by atoms with Crippen LogP contribution in [0.5, 0.6) is 0 Å². The normalized spacial score (nSPS) is 30.9. The molecule has 0 spiro atoms. The van der Waals surface area contributed by atoms with Crippen LogP contribution in [-0.4, -0.2) is 10.9 Å². The van der Waals surface area contributed by atoms with Crippen LogP contribution in [0.1, 0.15) is 32.1 Å². The molecule has 0 aromatic rings. The average molecular weight is 152 g/mol. The molecule has 0 saturated heterocycles. The van der Waals surface area contributed by atoms with E-state index in [9.17, 15) is 9.90 Å². The van der Waals surface area contributed by atoms with Crippen LogP contribution in [0.2, 0.25) is 0 Å². The predicted octanol–water partition coefficient (Wildman–Crippen LogP) is 1.96. The van der Waals surface area contributed by atoms with E-state index in [-0.39, 0.29) is 11.5 Å². The molecule has 0 unspecified atom stereocenters. The second kappa shape index (κ2) is 2.36. The van der Waals surface area contributed by atoms with E-state index in [1.807, 2.05) is 0 Å². The average Bonchev–Trinajstić information content (AvgIpc) is 2.30. The van der Waals surface area contributed by atoms with E-state index in [4.69, 9.17) is 0 Å². The molecule has 60 valence electrons. The zero-order valence-corrected chi connectivity index (χ0v) is 6.47. The van der Waals surface area contributed by atoms with Crippen molar-refractivity contribution >= 4 is 5.78 Å². The quantitative estimate of drug-likeness (QED) is 0.576. The summed E-state index contributed by atoms with van der Waals surface area (Å²) in [5.74, 6) is 0.456. The second-order valence-corrected chi connectivity index (χ2v) is 3.44. The smallest absolute Gasteiger partial charge is 0.197 e. The van der Waals surface area contributed by atoms with Gasteiger partial charge in [-0.1, -0.05) is 6.42 Å². The van der Waals surface area contributed by atoms with Gasteiger partial charge in [-0.05, 0) is 30.8 Å². The van der Waals surface area contributed by atoms with Crippen molar-refractivity contribution in [3.8, 4) is 0 Å². The molecule has 1 saturated carbocycles. The highest BCUT2D eigenvalue weighted by Gasteiger charge is 2.33. The fraction of sp³-hybridized carbons (Fsp3) is 0.667. The number of fused-ring (bicyclic) bond motifs is 1. The molecule has 2 aliphatic carbocycles. The van der Waals surface area contributed by atoms with Crippen LogP contribution < -0.4 is 0 Å². The summed E-state index contributed by atoms with van der Waals surface area (Å²) in [6, 6.07) is 0. The molecule has 0 aliphatic heterocycles. The first-order chi connectivity index (χ1) is 5.29. The van der Waals surface area contributed by atoms with Gasteiger partial charge in [0.1, 0.15) is 0 Å². The van der Waals surface area contributed by atoms with Gasteiger partial charge in [0.05, 0.1) is 0 Å². The van der Waals surface area contributed by atoms with E-state index < -0.39 is 0 Å². The fourth-order valence-electron chi connectivity index (χ4n) is 2.12. The number of Topliss-reactive ketones (excluding diaryl/α,β-unsaturated/α-hetero) is 1. The molecular weight excluding hydrogens is 140 g/mol. The Balaban J connectivity index is 2.28. The summed E-state index contributed by atoms with van der Waals surface area (Å²) in [4.78, 5) is 11.0. The molecule has 2 rings (SSSR count). The van der Waals surface area contributed by atoms with Gasteiger partial charge in [0.25, 0.3) is 0 Å². The lowest BCUT2D eigenvalue weighted by molar-refractivity contribution is -0.117. The number of rotatable bonds is 0. The van der Waals surface area contributed by atoms with Crippen molar-refractivity contribution in [2.75, 3.05) is 0 Å². The van der Waals surface area contributed by atoms with Gasteiger partial charge in [-0.25, -0.2) is 0 Å². The van der Waals surface area contributed by atoms with Gasteiger partial charge in [-0.3, -0.25) is 4.79 Å². The number of carbonyl (C=O) groups is 1. The molecule has 0 radical (unpaired) electrons. The highest BCUT2D eigenvalue weighted by atomic mass is 16.3. The van der Waals surface area contributed by atoms with Gasteiger partial charge in [0, 0.05) is 6.42 Å². The molecule has 0 heterocycles. The number of carbonyl (C=O) groups excluding carboxylic acids is 1. The van der Waals surface area contributed by atoms with Crippen molar-refractivity contribution in [1.82, 2.24) is 0 Å². The Labute approximate surface area is 65.9 Å². The lowest BCUT2D eigenvalue weighted by Gasteiger charge is -2.18. The van der Waals surface area contributed by atoms with Crippen LogP contribution in [0.3, 0.4) is 0 Å². The molecule has 0 aromatic heterocycles. The molecule has 1 N–H and O–H groups in total. The second-order valence-electron chi connectivity index (χ2n) is 3.44. The van der Waals surface area contributed by atoms with Crippen molar-refractivity contribution in [3.05, 3.63) is 11.3 Å². The maximum absolute atomic E-state index is 11.0. The highest BCUT2D eigenvalue weighted by Crippen LogP contribution is 2.38. The fourth-order valence-corrected chi connectivity index (χ4v) is 2.12. The molecule has 2 aliphatic rings. The van der Waals surface area contributed by atoms with Gasteiger partial charge >= 0.3 is 0 Å². The molecule has 2 nitrogen and oxygen atoms in total. The number of hydrogen-bond acceptors (Lipinski definition) is 2. The first-order valence-electron chi connectivity index (χ1n) is 4.24. The summed E-state index contributed by atoms with van der Waals surface area (Å²) in [5, 5.41) is 9.32. The topological polar surface area (TPSA) is 37.3 Å². The van der Waals surface area contributed by atoms with Crippen molar-refractivity contribution in [1.29, 1.82) is 0 Å². The summed E-state index contributed by atoms with van der Waals surface area (Å²) in [7, 11) is 0. The molecule has 2 heteroatoms. The molecule has 0 bridgehead atoms. The predicted molar refractivity (Wildman–Crippen MR) is 41.2 cm³/mol. The lowest BCUT2D eigenvalue weighted by Crippen LogP contribution is -2.06. The maximum atomic E-state index is 11.0. The third kappa shape index (κ3) is 0.971. The van der Waals surface area contributed by atoms with Gasteiger partial charge in [-0.15, -0.1) is 0 Å². The van der Waals surface area contributed by atoms with Gasteiger partial charge in [0.15, 0.2) is 11.5 Å². The number of allylic oxidation sites excluding steroid dienone is 2. The SMILES string of the molecule is O=C1C[C@@H]2CCCCC2=C1O. The van der Waals surface area contributed by atoms with E-state index >= 15 is 0 Å². The van der Waals surface area contributed by atoms with Crippen LogP contribution >= 0.6 is 0 Å². The van der Waals surface area contributed by atoms with E-state index in [0.29, 0.717) is 12.3 Å². The first-order valence-corrected chi connectivity index (χ1v) is 4.24. The van der Waals surface area contributed by atoms with Crippen LogP contribution in [-0.2, 0) is 4.79 Å². The number of aliphatic hydroxyl groups excluding tert-OH is 1. The third-order valence-electron chi connectivity index (χ3n) is 2.74. The number of hydrogen-bond donors (Lipinski definition) is 1. The summed E-state index contributed by atoms with van der Waals surface area (Å²) >= 11 is 0. The summed E-state index contributed by atoms with van der Waals surface area (Å²) in [6.45, 7) is 0. The Bertz CT molecular complexity index is 228. The molecular formula is C9H12O2. The third-order valence-corrected chi connectivity index (χ3v) is 2.74. The van der Waals surface area contributed by atoms with Crippen LogP contribution in [0, 0.1) is 5.92 Å². The standard InChI is InChI=1S/C9H12O2/c10-8-5-6-3-1-2-4-7(6)9(8)11/h6,11H,1-5H2/t6-/m0/s1. The van der Waals surface area contributed by atoms with E-state index in [1.54, 1.807) is 0 Å². The zero-order valence-electron chi connectivity index (χ0n) is 6.47. The van der Waals surface area contributed by atoms with E-state index in [2.05, 4.69) is 0 Å². The Hall–Kier alpha value is -0.790. The van der Waals surface area contributed by atoms with Crippen molar-refractivity contribution < 1.29 is 9.90 Å². The monoisotopic (exact) mass is 152 g/mol. The van der Waals surface area contributed by atoms with Gasteiger partial charge < -0.3 is 5.11 Å². The first kappa shape index (κ1) is 6.89. The molecule has 0 aromatic carbocycles. The number of aliphatic hydroxyl groups is 1. The van der Waals surface area contributed by atoms with E-state index in [0.717, 1.165) is 24.8 Å². The maximum Gasteiger partial charge on any atom is 0.197 e. The summed E-state index contributed by atoms with van der Waals surface area (Å²) < 4.78 is 0. The van der Waals surface area contributed by atoms with Crippen molar-refractivity contribution in [2.45, 2.75) is 32.1 Å². The van der Waals surface area contributed by atoms with Crippen LogP contribution in [0.25, 0.3) is 0 Å². The molecule has 1 atom stereocenters. The van der Waals surface area contributed by atoms with Crippen LogP contribution in [0.4, 0.5) is 0 Å². The minimum atomic E-state index is -0.0353. The summed E-state index contributed by atoms with van der Waals surface area (Å²) in [6.07, 6.45) is 4.98. The Kier molecular flexibility index (Phi) is 1.48. The van der Waals surface area contributed by atoms with E-state index in [1.165, 1.54) is 6.42 Å². The van der Waals surface area contributed by atoms with Gasteiger partial charge in [-0.2, -0.15) is 0 Å². The minimum Gasteiger partial charge on any atom is -0.504 e. The highest BCUT2D eigenvalue weighted by molar-refractivity contribution is 5.96. The number of ketones is 1. The molecule has 11 heavy (non-hydrogen) atoms. The lowest BCUT2D eigenvalue weighted by atomic mass is 9.86. The minimum absolute atomic E-state index is 0.0353. The van der Waals surface area contributed by atoms with Crippen LogP contribution in [0.15, 0.2) is 11.3 Å². The Morgan fingerprint density at radius 3 is 2.91 bits per heavy atom. The largest absolute Gasteiger partial charge is 0.504 e. The Morgan fingerprint density at radius 1 is 1.36 bits per heavy atom. The summed E-state index contributed by atoms with van der Waals surface area (Å²) in [5.41, 5.74) is 1.04.